The van der Waals surface area contributed by atoms with E-state index in [9.17, 15) is 4.79 Å². The second-order valence-electron chi connectivity index (χ2n) is 3.87. The van der Waals surface area contributed by atoms with Crippen molar-refractivity contribution < 1.29 is 4.79 Å². The average Bonchev–Trinajstić information content (AvgIpc) is 2.25. The summed E-state index contributed by atoms with van der Waals surface area (Å²) in [6, 6.07) is 9.20. The Hall–Kier alpha value is -1.57. The van der Waals surface area contributed by atoms with Crippen molar-refractivity contribution in [1.29, 1.82) is 0 Å². The Morgan fingerprint density at radius 3 is 2.60 bits per heavy atom. The highest BCUT2D eigenvalue weighted by Gasteiger charge is 2.00. The highest BCUT2D eigenvalue weighted by atomic mass is 16.1. The number of nitrogens with one attached hydrogen (secondary N) is 1. The second-order valence-corrected chi connectivity index (χ2v) is 3.87. The fourth-order valence-corrected chi connectivity index (χ4v) is 1.15. The summed E-state index contributed by atoms with van der Waals surface area (Å²) in [6.07, 6.45) is 4.68. The molecule has 0 saturated carbocycles. The third-order valence-corrected chi connectivity index (χ3v) is 1.98. The first kappa shape index (κ1) is 11.5. The first-order chi connectivity index (χ1) is 7.20. The van der Waals surface area contributed by atoms with Crippen molar-refractivity contribution in [2.75, 3.05) is 0 Å². The maximum Gasteiger partial charge on any atom is 0.255 e. The van der Waals surface area contributed by atoms with E-state index in [1.807, 2.05) is 24.3 Å². The molecule has 0 aromatic heterocycles. The first-order valence-corrected chi connectivity index (χ1v) is 5.21. The molecule has 1 aromatic carbocycles. The zero-order chi connectivity index (χ0) is 11.1. The Labute approximate surface area is 91.0 Å². The largest absolute Gasteiger partial charge is 0.329 e. The van der Waals surface area contributed by atoms with Crippen LogP contribution in [0.15, 0.2) is 42.6 Å². The number of hydrogen-bond donors (Lipinski definition) is 1. The van der Waals surface area contributed by atoms with Crippen LogP contribution in [-0.2, 0) is 0 Å². The molecule has 0 aliphatic heterocycles. The van der Waals surface area contributed by atoms with Crippen LogP contribution in [0.1, 0.15) is 30.6 Å². The number of benzene rings is 1. The molecule has 1 rings (SSSR count). The van der Waals surface area contributed by atoms with Gasteiger partial charge in [-0.05, 0) is 24.5 Å². The van der Waals surface area contributed by atoms with Crippen LogP contribution in [0.25, 0.3) is 0 Å². The Bertz CT molecular complexity index is 328. The number of carbonyl (C=O) groups is 1. The van der Waals surface area contributed by atoms with Gasteiger partial charge in [-0.1, -0.05) is 38.1 Å². The van der Waals surface area contributed by atoms with Gasteiger partial charge in [0, 0.05) is 11.8 Å². The van der Waals surface area contributed by atoms with E-state index in [4.69, 9.17) is 0 Å². The van der Waals surface area contributed by atoms with Crippen molar-refractivity contribution in [2.24, 2.45) is 5.92 Å². The van der Waals surface area contributed by atoms with Crippen LogP contribution < -0.4 is 5.32 Å². The number of carbonyl (C=O) groups excluding carboxylic acids is 1. The minimum Gasteiger partial charge on any atom is -0.329 e. The lowest BCUT2D eigenvalue weighted by Crippen LogP contribution is -2.16. The van der Waals surface area contributed by atoms with Gasteiger partial charge >= 0.3 is 0 Å². The lowest BCUT2D eigenvalue weighted by atomic mass is 10.1. The van der Waals surface area contributed by atoms with Crippen LogP contribution in [0.2, 0.25) is 0 Å². The van der Waals surface area contributed by atoms with Gasteiger partial charge in [-0.25, -0.2) is 0 Å². The van der Waals surface area contributed by atoms with Gasteiger partial charge < -0.3 is 5.32 Å². The lowest BCUT2D eigenvalue weighted by molar-refractivity contribution is 0.0970. The van der Waals surface area contributed by atoms with Gasteiger partial charge in [0.15, 0.2) is 0 Å². The predicted octanol–water partition coefficient (Wildman–Crippen LogP) is 2.98. The van der Waals surface area contributed by atoms with Crippen LogP contribution in [0, 0.1) is 5.92 Å². The van der Waals surface area contributed by atoms with Crippen molar-refractivity contribution in [3.05, 3.63) is 48.2 Å². The molecule has 0 aliphatic rings. The Morgan fingerprint density at radius 1 is 1.33 bits per heavy atom. The van der Waals surface area contributed by atoms with Gasteiger partial charge in [0.25, 0.3) is 5.91 Å². The molecule has 15 heavy (non-hydrogen) atoms. The second kappa shape index (κ2) is 6.02. The quantitative estimate of drug-likeness (QED) is 0.800. The standard InChI is InChI=1S/C13H17NO/c1-11(2)7-6-10-14-13(15)12-8-4-3-5-9-12/h3-6,8-11H,7H2,1-2H3,(H,14,15). The highest BCUT2D eigenvalue weighted by molar-refractivity contribution is 5.94. The van der Waals surface area contributed by atoms with E-state index >= 15 is 0 Å². The van der Waals surface area contributed by atoms with E-state index in [1.54, 1.807) is 18.3 Å². The molecule has 1 aromatic rings. The molecule has 0 atom stereocenters. The van der Waals surface area contributed by atoms with Crippen molar-refractivity contribution in [2.45, 2.75) is 20.3 Å². The van der Waals surface area contributed by atoms with Crippen LogP contribution in [0.3, 0.4) is 0 Å². The smallest absolute Gasteiger partial charge is 0.255 e. The summed E-state index contributed by atoms with van der Waals surface area (Å²) in [6.45, 7) is 4.28. The number of allylic oxidation sites excluding steroid dienone is 1. The van der Waals surface area contributed by atoms with Crippen LogP contribution in [-0.4, -0.2) is 5.91 Å². The van der Waals surface area contributed by atoms with E-state index < -0.39 is 0 Å². The molecule has 0 spiro atoms. The van der Waals surface area contributed by atoms with Gasteiger partial charge in [0.05, 0.1) is 0 Å². The molecule has 0 radical (unpaired) electrons. The van der Waals surface area contributed by atoms with E-state index in [0.717, 1.165) is 6.42 Å². The Morgan fingerprint density at radius 2 is 2.00 bits per heavy atom. The summed E-state index contributed by atoms with van der Waals surface area (Å²) < 4.78 is 0. The maximum atomic E-state index is 11.5. The number of rotatable bonds is 4. The zero-order valence-electron chi connectivity index (χ0n) is 9.23. The highest BCUT2D eigenvalue weighted by Crippen LogP contribution is 2.00. The summed E-state index contributed by atoms with van der Waals surface area (Å²) in [5.74, 6) is 0.561. The molecule has 0 heterocycles. The molecule has 2 nitrogen and oxygen atoms in total. The van der Waals surface area contributed by atoms with Crippen molar-refractivity contribution >= 4 is 5.91 Å². The van der Waals surface area contributed by atoms with Crippen LogP contribution in [0.5, 0.6) is 0 Å². The van der Waals surface area contributed by atoms with Crippen molar-refractivity contribution in [1.82, 2.24) is 5.32 Å². The molecule has 2 heteroatoms. The molecule has 0 fully saturated rings. The summed E-state index contributed by atoms with van der Waals surface area (Å²) in [5.41, 5.74) is 0.687. The van der Waals surface area contributed by atoms with E-state index in [0.29, 0.717) is 11.5 Å². The molecule has 80 valence electrons. The first-order valence-electron chi connectivity index (χ1n) is 5.21. The van der Waals surface area contributed by atoms with E-state index in [-0.39, 0.29) is 5.91 Å². The molecule has 0 saturated heterocycles. The molecule has 1 N–H and O–H groups in total. The Kier molecular flexibility index (Phi) is 4.61. The minimum atomic E-state index is -0.0596. The number of hydrogen-bond acceptors (Lipinski definition) is 1. The molecule has 0 aliphatic carbocycles. The van der Waals surface area contributed by atoms with Gasteiger partial charge in [-0.2, -0.15) is 0 Å². The van der Waals surface area contributed by atoms with Gasteiger partial charge in [0.1, 0.15) is 0 Å². The van der Waals surface area contributed by atoms with E-state index in [1.165, 1.54) is 0 Å². The van der Waals surface area contributed by atoms with Gasteiger partial charge in [0.2, 0.25) is 0 Å². The third kappa shape index (κ3) is 4.45. The summed E-state index contributed by atoms with van der Waals surface area (Å²) in [5, 5.41) is 2.73. The average molecular weight is 203 g/mol. The topological polar surface area (TPSA) is 29.1 Å². The Balaban J connectivity index is 2.40. The fourth-order valence-electron chi connectivity index (χ4n) is 1.15. The molecular weight excluding hydrogens is 186 g/mol. The third-order valence-electron chi connectivity index (χ3n) is 1.98. The van der Waals surface area contributed by atoms with Crippen LogP contribution >= 0.6 is 0 Å². The van der Waals surface area contributed by atoms with Crippen molar-refractivity contribution in [3.63, 3.8) is 0 Å². The molecule has 0 unspecified atom stereocenters. The minimum absolute atomic E-state index is 0.0596. The van der Waals surface area contributed by atoms with Crippen LogP contribution in [0.4, 0.5) is 0 Å². The van der Waals surface area contributed by atoms with E-state index in [2.05, 4.69) is 19.2 Å². The molecule has 1 amide bonds. The zero-order valence-corrected chi connectivity index (χ0v) is 9.23. The SMILES string of the molecule is CC(C)CC=CNC(=O)c1ccccc1. The normalized spacial score (nSPS) is 10.9. The molecule has 0 bridgehead atoms. The fraction of sp³-hybridized carbons (Fsp3) is 0.308. The predicted molar refractivity (Wildman–Crippen MR) is 62.5 cm³/mol. The van der Waals surface area contributed by atoms with Gasteiger partial charge in [-0.3, -0.25) is 4.79 Å². The molecular formula is C13H17NO. The number of amides is 1. The van der Waals surface area contributed by atoms with Crippen molar-refractivity contribution in [3.8, 4) is 0 Å². The lowest BCUT2D eigenvalue weighted by Gasteiger charge is -2.00. The summed E-state index contributed by atoms with van der Waals surface area (Å²) in [7, 11) is 0. The maximum absolute atomic E-state index is 11.5. The van der Waals surface area contributed by atoms with Gasteiger partial charge in [-0.15, -0.1) is 0 Å². The monoisotopic (exact) mass is 203 g/mol. The summed E-state index contributed by atoms with van der Waals surface area (Å²) in [4.78, 5) is 11.5. The summed E-state index contributed by atoms with van der Waals surface area (Å²) >= 11 is 0.